The van der Waals surface area contributed by atoms with E-state index in [2.05, 4.69) is 10.3 Å². The van der Waals surface area contributed by atoms with Crippen molar-refractivity contribution >= 4 is 22.6 Å². The highest BCUT2D eigenvalue weighted by molar-refractivity contribution is 5.93. The van der Waals surface area contributed by atoms with Gasteiger partial charge >= 0.3 is 6.18 Å². The largest absolute Gasteiger partial charge is 0.449 e. The van der Waals surface area contributed by atoms with Crippen molar-refractivity contribution in [2.75, 3.05) is 5.32 Å². The Morgan fingerprint density at radius 3 is 2.62 bits per heavy atom. The van der Waals surface area contributed by atoms with Gasteiger partial charge in [-0.3, -0.25) is 4.79 Å². The Morgan fingerprint density at radius 1 is 1.29 bits per heavy atom. The van der Waals surface area contributed by atoms with E-state index in [0.29, 0.717) is 17.6 Å². The number of alkyl halides is 3. The van der Waals surface area contributed by atoms with Crippen LogP contribution in [0, 0.1) is 0 Å². The zero-order valence-electron chi connectivity index (χ0n) is 13.5. The Morgan fingerprint density at radius 2 is 2.00 bits per heavy atom. The summed E-state index contributed by atoms with van der Waals surface area (Å²) in [7, 11) is 0. The molecule has 2 aromatic rings. The number of carbonyl (C=O) groups is 1. The minimum absolute atomic E-state index is 0.170. The van der Waals surface area contributed by atoms with Gasteiger partial charge in [-0.15, -0.1) is 0 Å². The molecule has 0 atom stereocenters. The number of hydrogen-bond acceptors (Lipinski definition) is 2. The average molecular weight is 339 g/mol. The van der Waals surface area contributed by atoms with Crippen molar-refractivity contribution in [1.82, 2.24) is 9.55 Å². The normalized spacial score (nSPS) is 16.5. The molecule has 4 nitrogen and oxygen atoms in total. The fourth-order valence-electron chi connectivity index (χ4n) is 3.33. The van der Waals surface area contributed by atoms with Gasteiger partial charge in [-0.1, -0.05) is 26.2 Å². The van der Waals surface area contributed by atoms with Crippen molar-refractivity contribution in [3.8, 4) is 0 Å². The zero-order chi connectivity index (χ0) is 17.3. The lowest BCUT2D eigenvalue weighted by Gasteiger charge is -2.26. The molecule has 0 spiro atoms. The smallest absolute Gasteiger partial charge is 0.326 e. The number of aromatic nitrogens is 2. The SMILES string of the molecule is CCC(=O)Nc1ccc2c(c1)nc(C(F)(F)F)n2C1CCCCC1. The quantitative estimate of drug-likeness (QED) is 0.864. The third kappa shape index (κ3) is 3.25. The summed E-state index contributed by atoms with van der Waals surface area (Å²) in [5.41, 5.74) is 1.21. The number of nitrogens with one attached hydrogen (secondary N) is 1. The van der Waals surface area contributed by atoms with Crippen LogP contribution < -0.4 is 5.32 Å². The highest BCUT2D eigenvalue weighted by Crippen LogP contribution is 2.38. The van der Waals surface area contributed by atoms with Crippen LogP contribution in [0.5, 0.6) is 0 Å². The van der Waals surface area contributed by atoms with Gasteiger partial charge in [-0.25, -0.2) is 4.98 Å². The molecule has 0 unspecified atom stereocenters. The fourth-order valence-corrected chi connectivity index (χ4v) is 3.33. The topological polar surface area (TPSA) is 46.9 Å². The van der Waals surface area contributed by atoms with E-state index in [1.165, 1.54) is 10.6 Å². The predicted molar refractivity (Wildman–Crippen MR) is 85.8 cm³/mol. The van der Waals surface area contributed by atoms with Gasteiger partial charge in [0.25, 0.3) is 0 Å². The van der Waals surface area contributed by atoms with Gasteiger partial charge in [0.15, 0.2) is 0 Å². The Kier molecular flexibility index (Phi) is 4.51. The molecule has 1 saturated carbocycles. The van der Waals surface area contributed by atoms with Gasteiger partial charge in [-0.2, -0.15) is 13.2 Å². The molecule has 0 radical (unpaired) electrons. The van der Waals surface area contributed by atoms with Crippen molar-refractivity contribution in [1.29, 1.82) is 0 Å². The molecule has 0 bridgehead atoms. The van der Waals surface area contributed by atoms with Crippen molar-refractivity contribution in [2.24, 2.45) is 0 Å². The van der Waals surface area contributed by atoms with Crippen LogP contribution in [0.15, 0.2) is 18.2 Å². The molecule has 1 aromatic carbocycles. The first kappa shape index (κ1) is 16.8. The summed E-state index contributed by atoms with van der Waals surface area (Å²) in [6, 6.07) is 4.60. The van der Waals surface area contributed by atoms with Crippen LogP contribution in [0.25, 0.3) is 11.0 Å². The highest BCUT2D eigenvalue weighted by atomic mass is 19.4. The molecule has 0 aliphatic heterocycles. The zero-order valence-corrected chi connectivity index (χ0v) is 13.5. The van der Waals surface area contributed by atoms with Gasteiger partial charge < -0.3 is 9.88 Å². The lowest BCUT2D eigenvalue weighted by atomic mass is 9.95. The number of halogens is 3. The summed E-state index contributed by atoms with van der Waals surface area (Å²) in [6.07, 6.45) is 0.230. The number of amides is 1. The molecule has 1 aromatic heterocycles. The maximum Gasteiger partial charge on any atom is 0.449 e. The Hall–Kier alpha value is -2.05. The van der Waals surface area contributed by atoms with Crippen LogP contribution in [-0.2, 0) is 11.0 Å². The van der Waals surface area contributed by atoms with E-state index in [1.807, 2.05) is 0 Å². The molecule has 130 valence electrons. The summed E-state index contributed by atoms with van der Waals surface area (Å²) >= 11 is 0. The molecule has 7 heteroatoms. The van der Waals surface area contributed by atoms with E-state index >= 15 is 0 Å². The molecule has 0 saturated heterocycles. The Bertz CT molecular complexity index is 745. The maximum absolute atomic E-state index is 13.5. The van der Waals surface area contributed by atoms with Crippen molar-refractivity contribution in [3.63, 3.8) is 0 Å². The van der Waals surface area contributed by atoms with Crippen LogP contribution in [0.1, 0.15) is 57.3 Å². The highest BCUT2D eigenvalue weighted by Gasteiger charge is 2.39. The second-order valence-electron chi connectivity index (χ2n) is 6.20. The predicted octanol–water partition coefficient (Wildman–Crippen LogP) is 4.91. The number of carbonyl (C=O) groups excluding carboxylic acids is 1. The molecule has 1 heterocycles. The third-order valence-electron chi connectivity index (χ3n) is 4.49. The number of rotatable bonds is 3. The minimum Gasteiger partial charge on any atom is -0.326 e. The number of benzene rings is 1. The van der Waals surface area contributed by atoms with Crippen LogP contribution in [0.4, 0.5) is 18.9 Å². The second kappa shape index (κ2) is 6.45. The lowest BCUT2D eigenvalue weighted by molar-refractivity contribution is -0.147. The van der Waals surface area contributed by atoms with Gasteiger partial charge in [0.2, 0.25) is 11.7 Å². The van der Waals surface area contributed by atoms with E-state index in [0.717, 1.165) is 32.1 Å². The fraction of sp³-hybridized carbons (Fsp3) is 0.529. The maximum atomic E-state index is 13.5. The van der Waals surface area contributed by atoms with Crippen molar-refractivity contribution in [2.45, 2.75) is 57.7 Å². The summed E-state index contributed by atoms with van der Waals surface area (Å²) in [4.78, 5) is 15.3. The number of anilines is 1. The molecule has 24 heavy (non-hydrogen) atoms. The Balaban J connectivity index is 2.08. The number of nitrogens with zero attached hydrogens (tertiary/aromatic N) is 2. The molecule has 1 aliphatic rings. The minimum atomic E-state index is -4.50. The van der Waals surface area contributed by atoms with Gasteiger partial charge in [-0.05, 0) is 31.0 Å². The molecular formula is C17H20F3N3O. The molecule has 1 fully saturated rings. The van der Waals surface area contributed by atoms with Crippen LogP contribution in [0.2, 0.25) is 0 Å². The summed E-state index contributed by atoms with van der Waals surface area (Å²) in [6.45, 7) is 1.72. The number of imidazole rings is 1. The monoisotopic (exact) mass is 339 g/mol. The van der Waals surface area contributed by atoms with Crippen molar-refractivity contribution < 1.29 is 18.0 Å². The van der Waals surface area contributed by atoms with Crippen LogP contribution >= 0.6 is 0 Å². The van der Waals surface area contributed by atoms with Gasteiger partial charge in [0, 0.05) is 18.2 Å². The standard InChI is InChI=1S/C17H20F3N3O/c1-2-15(24)21-11-8-9-14-13(10-11)22-16(17(18,19)20)23(14)12-6-4-3-5-7-12/h8-10,12H,2-7H2,1H3,(H,21,24). The lowest BCUT2D eigenvalue weighted by Crippen LogP contribution is -2.21. The van der Waals surface area contributed by atoms with E-state index in [1.54, 1.807) is 19.1 Å². The summed E-state index contributed by atoms with van der Waals surface area (Å²) < 4.78 is 41.7. The van der Waals surface area contributed by atoms with Crippen LogP contribution in [0.3, 0.4) is 0 Å². The first-order valence-electron chi connectivity index (χ1n) is 8.29. The van der Waals surface area contributed by atoms with Crippen molar-refractivity contribution in [3.05, 3.63) is 24.0 Å². The summed E-state index contributed by atoms with van der Waals surface area (Å²) in [5.74, 6) is -1.03. The summed E-state index contributed by atoms with van der Waals surface area (Å²) in [5, 5.41) is 2.66. The molecule has 1 aliphatic carbocycles. The third-order valence-corrected chi connectivity index (χ3v) is 4.49. The first-order chi connectivity index (χ1) is 11.4. The number of fused-ring (bicyclic) bond motifs is 1. The molecule has 1 amide bonds. The Labute approximate surface area is 138 Å². The van der Waals surface area contributed by atoms with Crippen LogP contribution in [-0.4, -0.2) is 15.5 Å². The number of hydrogen-bond donors (Lipinski definition) is 1. The van der Waals surface area contributed by atoms with Gasteiger partial charge in [0.05, 0.1) is 11.0 Å². The second-order valence-corrected chi connectivity index (χ2v) is 6.20. The first-order valence-corrected chi connectivity index (χ1v) is 8.29. The molecular weight excluding hydrogens is 319 g/mol. The molecule has 3 rings (SSSR count). The van der Waals surface area contributed by atoms with E-state index in [4.69, 9.17) is 0 Å². The van der Waals surface area contributed by atoms with E-state index in [9.17, 15) is 18.0 Å². The van der Waals surface area contributed by atoms with E-state index < -0.39 is 12.0 Å². The molecule has 1 N–H and O–H groups in total. The van der Waals surface area contributed by atoms with E-state index in [-0.39, 0.29) is 17.5 Å². The average Bonchev–Trinajstić information content (AvgIpc) is 2.94. The van der Waals surface area contributed by atoms with Gasteiger partial charge in [0.1, 0.15) is 0 Å².